The van der Waals surface area contributed by atoms with E-state index in [-0.39, 0.29) is 5.91 Å². The third kappa shape index (κ3) is 3.01. The van der Waals surface area contributed by atoms with Crippen LogP contribution in [-0.4, -0.2) is 31.0 Å². The average molecular weight is 297 g/mol. The lowest BCUT2D eigenvalue weighted by atomic mass is 9.91. The average Bonchev–Trinajstić information content (AvgIpc) is 2.39. The molecule has 0 aromatic heterocycles. The molecular weight excluding hydrogens is 276 g/mol. The molecule has 1 aliphatic rings. The normalized spacial score (nSPS) is 22.7. The number of anilines is 1. The van der Waals surface area contributed by atoms with Crippen LogP contribution >= 0.6 is 11.6 Å². The quantitative estimate of drug-likeness (QED) is 0.854. The van der Waals surface area contributed by atoms with E-state index in [1.54, 1.807) is 12.1 Å². The highest BCUT2D eigenvalue weighted by Crippen LogP contribution is 2.31. The van der Waals surface area contributed by atoms with E-state index in [1.165, 1.54) is 7.11 Å². The highest BCUT2D eigenvalue weighted by atomic mass is 35.5. The maximum atomic E-state index is 12.7. The number of carbonyl (C=O) groups is 1. The molecule has 110 valence electrons. The first-order chi connectivity index (χ1) is 9.42. The van der Waals surface area contributed by atoms with Crippen molar-refractivity contribution in [1.82, 2.24) is 4.90 Å². The summed E-state index contributed by atoms with van der Waals surface area (Å²) < 4.78 is 5.26. The van der Waals surface area contributed by atoms with Gasteiger partial charge in [-0.15, -0.1) is 0 Å². The highest BCUT2D eigenvalue weighted by Gasteiger charge is 2.28. The van der Waals surface area contributed by atoms with E-state index >= 15 is 0 Å². The SMILES string of the molecule is COc1cc(N)c(Cl)cc1C(=O)N1CC(C)CC(C)C1. The molecule has 1 aliphatic heterocycles. The fourth-order valence-electron chi connectivity index (χ4n) is 2.90. The first kappa shape index (κ1) is 15.0. The van der Waals surface area contributed by atoms with Crippen LogP contribution in [0.3, 0.4) is 0 Å². The van der Waals surface area contributed by atoms with Gasteiger partial charge in [-0.05, 0) is 24.3 Å². The number of hydrogen-bond acceptors (Lipinski definition) is 3. The number of benzene rings is 1. The van der Waals surface area contributed by atoms with Gasteiger partial charge >= 0.3 is 0 Å². The molecule has 2 unspecified atom stereocenters. The molecule has 4 nitrogen and oxygen atoms in total. The maximum absolute atomic E-state index is 12.7. The summed E-state index contributed by atoms with van der Waals surface area (Å²) in [6.07, 6.45) is 1.16. The Morgan fingerprint density at radius 1 is 1.35 bits per heavy atom. The van der Waals surface area contributed by atoms with E-state index in [9.17, 15) is 4.79 Å². The molecule has 0 radical (unpaired) electrons. The Labute approximate surface area is 124 Å². The van der Waals surface area contributed by atoms with Crippen molar-refractivity contribution in [3.8, 4) is 5.75 Å². The van der Waals surface area contributed by atoms with Crippen molar-refractivity contribution in [1.29, 1.82) is 0 Å². The monoisotopic (exact) mass is 296 g/mol. The van der Waals surface area contributed by atoms with Gasteiger partial charge in [-0.3, -0.25) is 4.79 Å². The smallest absolute Gasteiger partial charge is 0.257 e. The topological polar surface area (TPSA) is 55.6 Å². The number of carbonyl (C=O) groups excluding carboxylic acids is 1. The number of nitrogens with zero attached hydrogens (tertiary/aromatic N) is 1. The summed E-state index contributed by atoms with van der Waals surface area (Å²) in [5.74, 6) is 1.46. The fraction of sp³-hybridized carbons (Fsp3) is 0.533. The van der Waals surface area contributed by atoms with Crippen LogP contribution in [0.1, 0.15) is 30.6 Å². The van der Waals surface area contributed by atoms with E-state index in [1.807, 2.05) is 4.90 Å². The first-order valence-corrected chi connectivity index (χ1v) is 7.22. The van der Waals surface area contributed by atoms with Gasteiger partial charge in [0.05, 0.1) is 23.4 Å². The summed E-state index contributed by atoms with van der Waals surface area (Å²) in [5.41, 5.74) is 6.65. The largest absolute Gasteiger partial charge is 0.496 e. The van der Waals surface area contributed by atoms with Gasteiger partial charge in [0.25, 0.3) is 5.91 Å². The van der Waals surface area contributed by atoms with Crippen LogP contribution in [0.4, 0.5) is 5.69 Å². The number of likely N-dealkylation sites (tertiary alicyclic amines) is 1. The van der Waals surface area contributed by atoms with Gasteiger partial charge in [-0.2, -0.15) is 0 Å². The summed E-state index contributed by atoms with van der Waals surface area (Å²) in [4.78, 5) is 14.6. The van der Waals surface area contributed by atoms with E-state index in [0.29, 0.717) is 33.9 Å². The number of rotatable bonds is 2. The number of piperidine rings is 1. The summed E-state index contributed by atoms with van der Waals surface area (Å²) in [6, 6.07) is 3.20. The molecule has 1 aromatic rings. The van der Waals surface area contributed by atoms with Crippen molar-refractivity contribution in [3.05, 3.63) is 22.7 Å². The number of ether oxygens (including phenoxy) is 1. The van der Waals surface area contributed by atoms with Crippen molar-refractivity contribution in [2.75, 3.05) is 25.9 Å². The van der Waals surface area contributed by atoms with Gasteiger partial charge in [0, 0.05) is 19.2 Å². The van der Waals surface area contributed by atoms with E-state index < -0.39 is 0 Å². The number of halogens is 1. The predicted molar refractivity (Wildman–Crippen MR) is 81.3 cm³/mol. The molecule has 0 bridgehead atoms. The summed E-state index contributed by atoms with van der Waals surface area (Å²) in [5, 5.41) is 0.382. The van der Waals surface area contributed by atoms with Gasteiger partial charge in [-0.1, -0.05) is 25.4 Å². The molecule has 2 atom stereocenters. The molecule has 5 heteroatoms. The molecule has 1 amide bonds. The first-order valence-electron chi connectivity index (χ1n) is 6.84. The second-order valence-electron chi connectivity index (χ2n) is 5.73. The zero-order valence-corrected chi connectivity index (χ0v) is 12.9. The van der Waals surface area contributed by atoms with Crippen LogP contribution in [0.15, 0.2) is 12.1 Å². The highest BCUT2D eigenvalue weighted by molar-refractivity contribution is 6.33. The van der Waals surface area contributed by atoms with Gasteiger partial charge < -0.3 is 15.4 Å². The lowest BCUT2D eigenvalue weighted by Gasteiger charge is -2.35. The van der Waals surface area contributed by atoms with Crippen LogP contribution in [0.25, 0.3) is 0 Å². The number of methoxy groups -OCH3 is 1. The van der Waals surface area contributed by atoms with E-state index in [0.717, 1.165) is 19.5 Å². The van der Waals surface area contributed by atoms with Crippen molar-refractivity contribution in [2.24, 2.45) is 11.8 Å². The fourth-order valence-corrected chi connectivity index (χ4v) is 3.07. The molecule has 2 rings (SSSR count). The molecule has 2 N–H and O–H groups in total. The third-order valence-electron chi connectivity index (χ3n) is 3.71. The summed E-state index contributed by atoms with van der Waals surface area (Å²) in [7, 11) is 1.53. The molecular formula is C15H21ClN2O2. The second-order valence-corrected chi connectivity index (χ2v) is 6.14. The Balaban J connectivity index is 2.31. The van der Waals surface area contributed by atoms with E-state index in [4.69, 9.17) is 22.1 Å². The lowest BCUT2D eigenvalue weighted by Crippen LogP contribution is -2.42. The van der Waals surface area contributed by atoms with Crippen molar-refractivity contribution in [3.63, 3.8) is 0 Å². The Bertz CT molecular complexity index is 509. The molecule has 0 saturated carbocycles. The minimum Gasteiger partial charge on any atom is -0.496 e. The second kappa shape index (κ2) is 5.92. The Morgan fingerprint density at radius 3 is 2.50 bits per heavy atom. The molecule has 1 heterocycles. The molecule has 0 aliphatic carbocycles. The molecule has 1 saturated heterocycles. The van der Waals surface area contributed by atoms with Crippen molar-refractivity contribution >= 4 is 23.2 Å². The molecule has 1 aromatic carbocycles. The van der Waals surface area contributed by atoms with Gasteiger partial charge in [-0.25, -0.2) is 0 Å². The number of hydrogen-bond donors (Lipinski definition) is 1. The number of nitrogen functional groups attached to an aromatic ring is 1. The minimum absolute atomic E-state index is 0.0397. The minimum atomic E-state index is -0.0397. The Kier molecular flexibility index (Phi) is 4.43. The molecule has 1 fully saturated rings. The number of amides is 1. The Hall–Kier alpha value is -1.42. The van der Waals surface area contributed by atoms with Crippen molar-refractivity contribution < 1.29 is 9.53 Å². The molecule has 0 spiro atoms. The van der Waals surface area contributed by atoms with Crippen LogP contribution in [0.2, 0.25) is 5.02 Å². The van der Waals surface area contributed by atoms with Gasteiger partial charge in [0.2, 0.25) is 0 Å². The predicted octanol–water partition coefficient (Wildman–Crippen LogP) is 3.05. The standard InChI is InChI=1S/C15H21ClN2O2/c1-9-4-10(2)8-18(7-9)15(19)11-5-12(16)13(17)6-14(11)20-3/h5-6,9-10H,4,7-8,17H2,1-3H3. The Morgan fingerprint density at radius 2 is 1.95 bits per heavy atom. The molecule has 20 heavy (non-hydrogen) atoms. The third-order valence-corrected chi connectivity index (χ3v) is 4.03. The zero-order valence-electron chi connectivity index (χ0n) is 12.1. The van der Waals surface area contributed by atoms with Gasteiger partial charge in [0.15, 0.2) is 0 Å². The van der Waals surface area contributed by atoms with Crippen LogP contribution < -0.4 is 10.5 Å². The summed E-state index contributed by atoms with van der Waals surface area (Å²) >= 11 is 6.03. The number of nitrogens with two attached hydrogens (primary N) is 1. The van der Waals surface area contributed by atoms with Gasteiger partial charge in [0.1, 0.15) is 5.75 Å². The lowest BCUT2D eigenvalue weighted by molar-refractivity contribution is 0.0620. The van der Waals surface area contributed by atoms with E-state index in [2.05, 4.69) is 13.8 Å². The summed E-state index contributed by atoms with van der Waals surface area (Å²) in [6.45, 7) is 5.88. The van der Waals surface area contributed by atoms with Crippen LogP contribution in [0, 0.1) is 11.8 Å². The van der Waals surface area contributed by atoms with Crippen molar-refractivity contribution in [2.45, 2.75) is 20.3 Å². The van der Waals surface area contributed by atoms with Crippen LogP contribution in [0.5, 0.6) is 5.75 Å². The van der Waals surface area contributed by atoms with Crippen LogP contribution in [-0.2, 0) is 0 Å². The maximum Gasteiger partial charge on any atom is 0.257 e. The zero-order chi connectivity index (χ0) is 14.9.